The van der Waals surface area contributed by atoms with Gasteiger partial charge >= 0.3 is 5.97 Å². The van der Waals surface area contributed by atoms with E-state index in [1.807, 2.05) is 6.92 Å². The molecule has 96 valence electrons. The second-order valence-corrected chi connectivity index (χ2v) is 5.02. The van der Waals surface area contributed by atoms with Crippen LogP contribution in [0.5, 0.6) is 0 Å². The molecule has 1 aromatic rings. The summed E-state index contributed by atoms with van der Waals surface area (Å²) in [5.41, 5.74) is 0.0117. The van der Waals surface area contributed by atoms with Crippen molar-refractivity contribution in [3.05, 3.63) is 15.6 Å². The largest absolute Gasteiger partial charge is 0.464 e. The first-order valence-corrected chi connectivity index (χ1v) is 6.47. The Hall–Kier alpha value is -0.940. The minimum Gasteiger partial charge on any atom is -0.464 e. The fraction of sp³-hybridized carbons (Fsp3) is 0.667. The SMILES string of the molecule is CCC(CC)(OC)c1nc(C(=O)OC)c(C)s1. The predicted octanol–water partition coefficient (Wildman–Crippen LogP) is 2.90. The number of hydrogen-bond acceptors (Lipinski definition) is 5. The highest BCUT2D eigenvalue weighted by molar-refractivity contribution is 7.12. The van der Waals surface area contributed by atoms with Crippen LogP contribution in [0.3, 0.4) is 0 Å². The monoisotopic (exact) mass is 257 g/mol. The van der Waals surface area contributed by atoms with E-state index < -0.39 is 0 Å². The van der Waals surface area contributed by atoms with E-state index in [9.17, 15) is 4.79 Å². The molecule has 0 radical (unpaired) electrons. The molecule has 1 heterocycles. The summed E-state index contributed by atoms with van der Waals surface area (Å²) < 4.78 is 10.3. The molecule has 0 atom stereocenters. The Morgan fingerprint density at radius 1 is 1.35 bits per heavy atom. The zero-order valence-corrected chi connectivity index (χ0v) is 11.8. The lowest BCUT2D eigenvalue weighted by Crippen LogP contribution is -2.26. The second-order valence-electron chi connectivity index (χ2n) is 3.82. The Kier molecular flexibility index (Phi) is 4.65. The zero-order chi connectivity index (χ0) is 13.1. The Labute approximate surface area is 106 Å². The molecule has 17 heavy (non-hydrogen) atoms. The Morgan fingerprint density at radius 2 is 1.94 bits per heavy atom. The van der Waals surface area contributed by atoms with E-state index in [1.54, 1.807) is 7.11 Å². The van der Waals surface area contributed by atoms with Crippen molar-refractivity contribution in [3.63, 3.8) is 0 Å². The molecule has 0 unspecified atom stereocenters. The number of esters is 1. The smallest absolute Gasteiger partial charge is 0.357 e. The van der Waals surface area contributed by atoms with Gasteiger partial charge in [-0.05, 0) is 19.8 Å². The first kappa shape index (κ1) is 14.1. The molecule has 0 saturated carbocycles. The molecule has 1 aromatic heterocycles. The lowest BCUT2D eigenvalue weighted by molar-refractivity contribution is -0.0220. The van der Waals surface area contributed by atoms with Crippen LogP contribution in [-0.4, -0.2) is 25.2 Å². The zero-order valence-electron chi connectivity index (χ0n) is 11.0. The van der Waals surface area contributed by atoms with Crippen LogP contribution in [0.15, 0.2) is 0 Å². The average Bonchev–Trinajstić information content (AvgIpc) is 2.74. The summed E-state index contributed by atoms with van der Waals surface area (Å²) in [6, 6.07) is 0. The number of hydrogen-bond donors (Lipinski definition) is 0. The van der Waals surface area contributed by atoms with Crippen molar-refractivity contribution >= 4 is 17.3 Å². The number of carbonyl (C=O) groups is 1. The van der Waals surface area contributed by atoms with Gasteiger partial charge in [0.25, 0.3) is 0 Å². The van der Waals surface area contributed by atoms with E-state index in [0.29, 0.717) is 5.69 Å². The van der Waals surface area contributed by atoms with E-state index in [-0.39, 0.29) is 11.6 Å². The van der Waals surface area contributed by atoms with Crippen molar-refractivity contribution in [1.82, 2.24) is 4.98 Å². The topological polar surface area (TPSA) is 48.4 Å². The number of aromatic nitrogens is 1. The molecular weight excluding hydrogens is 238 g/mol. The highest BCUT2D eigenvalue weighted by Crippen LogP contribution is 2.36. The number of aryl methyl sites for hydroxylation is 1. The number of nitrogens with zero attached hydrogens (tertiary/aromatic N) is 1. The number of carbonyl (C=O) groups excluding carboxylic acids is 1. The number of ether oxygens (including phenoxy) is 2. The summed E-state index contributed by atoms with van der Waals surface area (Å²) in [6.07, 6.45) is 1.65. The van der Waals surface area contributed by atoms with Crippen molar-refractivity contribution in [2.24, 2.45) is 0 Å². The maximum atomic E-state index is 11.5. The Morgan fingerprint density at radius 3 is 2.35 bits per heavy atom. The Balaban J connectivity index is 3.19. The van der Waals surface area contributed by atoms with Crippen molar-refractivity contribution in [2.45, 2.75) is 39.2 Å². The summed E-state index contributed by atoms with van der Waals surface area (Å²) in [6.45, 7) is 5.99. The molecule has 0 amide bonds. The van der Waals surface area contributed by atoms with Gasteiger partial charge in [0.05, 0.1) is 7.11 Å². The van der Waals surface area contributed by atoms with Crippen molar-refractivity contribution < 1.29 is 14.3 Å². The van der Waals surface area contributed by atoms with Crippen molar-refractivity contribution in [1.29, 1.82) is 0 Å². The molecule has 0 saturated heterocycles. The summed E-state index contributed by atoms with van der Waals surface area (Å²) in [5.74, 6) is -0.387. The molecular formula is C12H19NO3S. The van der Waals surface area contributed by atoms with Gasteiger partial charge in [0.2, 0.25) is 0 Å². The molecule has 0 aliphatic carbocycles. The van der Waals surface area contributed by atoms with Crippen molar-refractivity contribution in [2.75, 3.05) is 14.2 Å². The van der Waals surface area contributed by atoms with E-state index in [4.69, 9.17) is 9.47 Å². The van der Waals surface area contributed by atoms with Gasteiger partial charge < -0.3 is 9.47 Å². The van der Waals surface area contributed by atoms with Crippen molar-refractivity contribution in [3.8, 4) is 0 Å². The van der Waals surface area contributed by atoms with E-state index in [1.165, 1.54) is 18.4 Å². The molecule has 0 bridgehead atoms. The van der Waals surface area contributed by atoms with Gasteiger partial charge in [-0.2, -0.15) is 0 Å². The quantitative estimate of drug-likeness (QED) is 0.761. The molecule has 0 N–H and O–H groups in total. The third-order valence-electron chi connectivity index (χ3n) is 3.10. The van der Waals surface area contributed by atoms with Gasteiger partial charge in [-0.1, -0.05) is 13.8 Å². The van der Waals surface area contributed by atoms with Crippen LogP contribution in [0.25, 0.3) is 0 Å². The molecule has 5 heteroatoms. The minimum absolute atomic E-state index is 0.387. The van der Waals surface area contributed by atoms with E-state index in [0.717, 1.165) is 22.7 Å². The van der Waals surface area contributed by atoms with Gasteiger partial charge in [0.15, 0.2) is 5.69 Å². The van der Waals surface area contributed by atoms with Crippen LogP contribution >= 0.6 is 11.3 Å². The lowest BCUT2D eigenvalue weighted by Gasteiger charge is -2.27. The summed E-state index contributed by atoms with van der Waals surface area (Å²) in [7, 11) is 3.05. The first-order valence-electron chi connectivity index (χ1n) is 5.66. The summed E-state index contributed by atoms with van der Waals surface area (Å²) in [4.78, 5) is 16.8. The normalized spacial score (nSPS) is 11.6. The van der Waals surface area contributed by atoms with Gasteiger partial charge in [0.1, 0.15) is 10.6 Å². The fourth-order valence-corrected chi connectivity index (χ4v) is 3.02. The standard InChI is InChI=1S/C12H19NO3S/c1-6-12(7-2,16-5)11-13-9(8(3)17-11)10(14)15-4/h6-7H2,1-5H3. The van der Waals surface area contributed by atoms with Gasteiger partial charge in [0, 0.05) is 12.0 Å². The second kappa shape index (κ2) is 5.60. The highest BCUT2D eigenvalue weighted by atomic mass is 32.1. The first-order chi connectivity index (χ1) is 8.04. The van der Waals surface area contributed by atoms with Crippen LogP contribution < -0.4 is 0 Å². The number of rotatable bonds is 5. The Bertz CT molecular complexity index is 388. The molecule has 0 aliphatic heterocycles. The maximum Gasteiger partial charge on any atom is 0.357 e. The number of thiazole rings is 1. The third-order valence-corrected chi connectivity index (χ3v) is 4.25. The average molecular weight is 257 g/mol. The van der Waals surface area contributed by atoms with E-state index in [2.05, 4.69) is 18.8 Å². The van der Waals surface area contributed by atoms with Gasteiger partial charge in [-0.25, -0.2) is 9.78 Å². The summed E-state index contributed by atoms with van der Waals surface area (Å²) in [5, 5.41) is 0.850. The predicted molar refractivity (Wildman–Crippen MR) is 67.5 cm³/mol. The maximum absolute atomic E-state index is 11.5. The number of methoxy groups -OCH3 is 2. The molecule has 0 aromatic carbocycles. The van der Waals surface area contributed by atoms with Crippen LogP contribution in [0.1, 0.15) is 47.1 Å². The highest BCUT2D eigenvalue weighted by Gasteiger charge is 2.33. The van der Waals surface area contributed by atoms with E-state index >= 15 is 0 Å². The fourth-order valence-electron chi connectivity index (χ4n) is 1.81. The van der Waals surface area contributed by atoms with Gasteiger partial charge in [-0.3, -0.25) is 0 Å². The summed E-state index contributed by atoms with van der Waals surface area (Å²) >= 11 is 1.50. The van der Waals surface area contributed by atoms with Gasteiger partial charge in [-0.15, -0.1) is 11.3 Å². The van der Waals surface area contributed by atoms with Crippen LogP contribution in [0.4, 0.5) is 0 Å². The van der Waals surface area contributed by atoms with Crippen LogP contribution in [-0.2, 0) is 15.1 Å². The van der Waals surface area contributed by atoms with Crippen LogP contribution in [0, 0.1) is 6.92 Å². The lowest BCUT2D eigenvalue weighted by atomic mass is 9.98. The molecule has 0 aliphatic rings. The van der Waals surface area contributed by atoms with Crippen LogP contribution in [0.2, 0.25) is 0 Å². The third kappa shape index (κ3) is 2.50. The molecule has 0 spiro atoms. The molecule has 4 nitrogen and oxygen atoms in total. The molecule has 1 rings (SSSR count). The molecule has 0 fully saturated rings. The minimum atomic E-state index is -0.387.